The fraction of sp³-hybridized carbons (Fsp3) is 1.00. The molecule has 0 bridgehead atoms. The van der Waals surface area contributed by atoms with Crippen molar-refractivity contribution >= 4 is 11.8 Å². The molecule has 15 heavy (non-hydrogen) atoms. The Balaban J connectivity index is 1.97. The van der Waals surface area contributed by atoms with Gasteiger partial charge >= 0.3 is 0 Å². The van der Waals surface area contributed by atoms with Gasteiger partial charge in [-0.1, -0.05) is 26.2 Å². The lowest BCUT2D eigenvalue weighted by Crippen LogP contribution is -2.46. The molecule has 2 nitrogen and oxygen atoms in total. The third kappa shape index (κ3) is 6.44. The van der Waals surface area contributed by atoms with Gasteiger partial charge in [0.05, 0.1) is 0 Å². The van der Waals surface area contributed by atoms with Crippen LogP contribution in [0.1, 0.15) is 39.5 Å². The zero-order valence-electron chi connectivity index (χ0n) is 10.2. The molecular weight excluding hydrogens is 204 g/mol. The molecule has 90 valence electrons. The van der Waals surface area contributed by atoms with Gasteiger partial charge in [-0.05, 0) is 13.3 Å². The zero-order chi connectivity index (χ0) is 10.9. The van der Waals surface area contributed by atoms with Gasteiger partial charge in [0.2, 0.25) is 0 Å². The fourth-order valence-corrected chi connectivity index (χ4v) is 2.85. The van der Waals surface area contributed by atoms with Crippen molar-refractivity contribution in [2.75, 3.05) is 24.6 Å². The highest BCUT2D eigenvalue weighted by atomic mass is 32.2. The molecule has 0 aromatic heterocycles. The second kappa shape index (κ2) is 8.43. The van der Waals surface area contributed by atoms with Gasteiger partial charge in [0.15, 0.2) is 0 Å². The SMILES string of the molecule is CCCCCC(C)NCC1CSCCN1. The topological polar surface area (TPSA) is 24.1 Å². The molecule has 1 saturated heterocycles. The minimum absolute atomic E-state index is 0.685. The molecule has 2 N–H and O–H groups in total. The first-order chi connectivity index (χ1) is 7.33. The van der Waals surface area contributed by atoms with Crippen molar-refractivity contribution in [3.05, 3.63) is 0 Å². The van der Waals surface area contributed by atoms with E-state index in [4.69, 9.17) is 0 Å². The van der Waals surface area contributed by atoms with E-state index in [0.717, 1.165) is 6.54 Å². The Morgan fingerprint density at radius 2 is 2.33 bits per heavy atom. The van der Waals surface area contributed by atoms with Crippen molar-refractivity contribution in [1.29, 1.82) is 0 Å². The van der Waals surface area contributed by atoms with Crippen LogP contribution in [0.2, 0.25) is 0 Å². The molecule has 0 radical (unpaired) electrons. The molecule has 0 spiro atoms. The van der Waals surface area contributed by atoms with E-state index < -0.39 is 0 Å². The van der Waals surface area contributed by atoms with Crippen LogP contribution in [0.25, 0.3) is 0 Å². The molecule has 3 heteroatoms. The van der Waals surface area contributed by atoms with Crippen molar-refractivity contribution in [3.8, 4) is 0 Å². The summed E-state index contributed by atoms with van der Waals surface area (Å²) in [4.78, 5) is 0. The molecule has 2 unspecified atom stereocenters. The molecule has 0 saturated carbocycles. The number of hydrogen-bond acceptors (Lipinski definition) is 3. The lowest BCUT2D eigenvalue weighted by Gasteiger charge is -2.25. The average Bonchev–Trinajstić information content (AvgIpc) is 2.28. The number of rotatable bonds is 7. The minimum atomic E-state index is 0.685. The predicted molar refractivity (Wildman–Crippen MR) is 70.7 cm³/mol. The van der Waals surface area contributed by atoms with Crippen LogP contribution in [0, 0.1) is 0 Å². The zero-order valence-corrected chi connectivity index (χ0v) is 11.0. The Hall–Kier alpha value is 0.270. The summed E-state index contributed by atoms with van der Waals surface area (Å²) in [7, 11) is 0. The Morgan fingerprint density at radius 1 is 1.47 bits per heavy atom. The van der Waals surface area contributed by atoms with Gasteiger partial charge in [-0.3, -0.25) is 0 Å². The maximum atomic E-state index is 3.64. The maximum Gasteiger partial charge on any atom is 0.0283 e. The quantitative estimate of drug-likeness (QED) is 0.656. The first-order valence-corrected chi connectivity index (χ1v) is 7.53. The average molecular weight is 230 g/mol. The van der Waals surface area contributed by atoms with Gasteiger partial charge in [0.1, 0.15) is 0 Å². The van der Waals surface area contributed by atoms with Gasteiger partial charge < -0.3 is 10.6 Å². The molecule has 1 aliphatic heterocycles. The van der Waals surface area contributed by atoms with E-state index in [1.165, 1.54) is 43.7 Å². The standard InChI is InChI=1S/C12H26N2S/c1-3-4-5-6-11(2)14-9-12-10-15-8-7-13-12/h11-14H,3-10H2,1-2H3. The summed E-state index contributed by atoms with van der Waals surface area (Å²) >= 11 is 2.07. The molecule has 0 amide bonds. The highest BCUT2D eigenvalue weighted by Crippen LogP contribution is 2.07. The molecule has 0 aromatic carbocycles. The molecule has 1 fully saturated rings. The summed E-state index contributed by atoms with van der Waals surface area (Å²) in [6, 6.07) is 1.38. The second-order valence-corrected chi connectivity index (χ2v) is 5.68. The predicted octanol–water partition coefficient (Wildman–Crippen LogP) is 2.25. The van der Waals surface area contributed by atoms with Crippen LogP contribution in [-0.4, -0.2) is 36.7 Å². The van der Waals surface area contributed by atoms with E-state index in [1.807, 2.05) is 0 Å². The van der Waals surface area contributed by atoms with Crippen molar-refractivity contribution < 1.29 is 0 Å². The third-order valence-electron chi connectivity index (χ3n) is 2.95. The van der Waals surface area contributed by atoms with Crippen LogP contribution in [0.5, 0.6) is 0 Å². The maximum absolute atomic E-state index is 3.64. The molecule has 2 atom stereocenters. The first-order valence-electron chi connectivity index (χ1n) is 6.37. The van der Waals surface area contributed by atoms with Crippen molar-refractivity contribution in [2.45, 2.75) is 51.6 Å². The summed E-state index contributed by atoms with van der Waals surface area (Å²) in [5.41, 5.74) is 0. The van der Waals surface area contributed by atoms with Crippen molar-refractivity contribution in [2.24, 2.45) is 0 Å². The van der Waals surface area contributed by atoms with Crippen LogP contribution >= 0.6 is 11.8 Å². The highest BCUT2D eigenvalue weighted by molar-refractivity contribution is 7.99. The van der Waals surface area contributed by atoms with E-state index in [0.29, 0.717) is 12.1 Å². The number of nitrogens with one attached hydrogen (secondary N) is 2. The van der Waals surface area contributed by atoms with Crippen LogP contribution in [-0.2, 0) is 0 Å². The van der Waals surface area contributed by atoms with Crippen molar-refractivity contribution in [1.82, 2.24) is 10.6 Å². The van der Waals surface area contributed by atoms with Gasteiger partial charge in [-0.15, -0.1) is 0 Å². The van der Waals surface area contributed by atoms with E-state index in [1.54, 1.807) is 0 Å². The third-order valence-corrected chi connectivity index (χ3v) is 4.08. The van der Waals surface area contributed by atoms with Crippen LogP contribution in [0.4, 0.5) is 0 Å². The van der Waals surface area contributed by atoms with Crippen LogP contribution in [0.15, 0.2) is 0 Å². The molecule has 0 aromatic rings. The highest BCUT2D eigenvalue weighted by Gasteiger charge is 2.13. The smallest absolute Gasteiger partial charge is 0.0283 e. The molecular formula is C12H26N2S. The van der Waals surface area contributed by atoms with Crippen molar-refractivity contribution in [3.63, 3.8) is 0 Å². The van der Waals surface area contributed by atoms with Gasteiger partial charge in [-0.25, -0.2) is 0 Å². The van der Waals surface area contributed by atoms with Gasteiger partial charge in [0.25, 0.3) is 0 Å². The number of unbranched alkanes of at least 4 members (excludes halogenated alkanes) is 2. The normalized spacial score (nSPS) is 24.0. The van der Waals surface area contributed by atoms with Gasteiger partial charge in [-0.2, -0.15) is 11.8 Å². The molecule has 1 aliphatic rings. The Labute approximate surface area is 99.0 Å². The fourth-order valence-electron chi connectivity index (χ4n) is 1.90. The van der Waals surface area contributed by atoms with Crippen LogP contribution in [0.3, 0.4) is 0 Å². The van der Waals surface area contributed by atoms with E-state index >= 15 is 0 Å². The second-order valence-electron chi connectivity index (χ2n) is 4.53. The monoisotopic (exact) mass is 230 g/mol. The summed E-state index contributed by atoms with van der Waals surface area (Å²) in [6.07, 6.45) is 5.41. The lowest BCUT2D eigenvalue weighted by molar-refractivity contribution is 0.441. The van der Waals surface area contributed by atoms with E-state index in [9.17, 15) is 0 Å². The summed E-state index contributed by atoms with van der Waals surface area (Å²) in [5.74, 6) is 2.55. The largest absolute Gasteiger partial charge is 0.313 e. The van der Waals surface area contributed by atoms with Crippen LogP contribution < -0.4 is 10.6 Å². The van der Waals surface area contributed by atoms with E-state index in [2.05, 4.69) is 36.2 Å². The summed E-state index contributed by atoms with van der Waals surface area (Å²) in [6.45, 7) is 6.90. The number of thioether (sulfide) groups is 1. The molecule has 1 heterocycles. The molecule has 0 aliphatic carbocycles. The summed E-state index contributed by atoms with van der Waals surface area (Å²) in [5, 5.41) is 7.19. The first kappa shape index (κ1) is 13.3. The lowest BCUT2D eigenvalue weighted by atomic mass is 10.1. The minimum Gasteiger partial charge on any atom is -0.313 e. The Morgan fingerprint density at radius 3 is 3.00 bits per heavy atom. The number of hydrogen-bond donors (Lipinski definition) is 2. The summed E-state index contributed by atoms with van der Waals surface area (Å²) < 4.78 is 0. The molecule has 1 rings (SSSR count). The Kier molecular flexibility index (Phi) is 7.49. The Bertz CT molecular complexity index is 147. The van der Waals surface area contributed by atoms with Gasteiger partial charge in [0, 0.05) is 36.7 Å². The van der Waals surface area contributed by atoms with E-state index in [-0.39, 0.29) is 0 Å².